The minimum absolute atomic E-state index is 0.408. The second kappa shape index (κ2) is 4.28. The maximum absolute atomic E-state index is 6.28. The molecule has 2 nitrogen and oxygen atoms in total. The summed E-state index contributed by atoms with van der Waals surface area (Å²) in [5, 5.41) is 3.78. The zero-order valence-corrected chi connectivity index (χ0v) is 11.1. The number of aryl methyl sites for hydroxylation is 1. The Morgan fingerprint density at radius 2 is 2.12 bits per heavy atom. The molecule has 1 aromatic rings. The van der Waals surface area contributed by atoms with Gasteiger partial charge >= 0.3 is 0 Å². The highest BCUT2D eigenvalue weighted by Crippen LogP contribution is 2.38. The maximum atomic E-state index is 6.28. The molecule has 16 heavy (non-hydrogen) atoms. The Labute approximate surface area is 106 Å². The molecule has 3 heterocycles. The molecule has 4 heteroatoms. The van der Waals surface area contributed by atoms with E-state index in [2.05, 4.69) is 22.2 Å². The van der Waals surface area contributed by atoms with Crippen LogP contribution in [0.4, 0.5) is 0 Å². The fraction of sp³-hybridized carbons (Fsp3) is 0.750. The van der Waals surface area contributed by atoms with E-state index < -0.39 is 0 Å². The van der Waals surface area contributed by atoms with E-state index in [1.807, 2.05) is 0 Å². The molecule has 2 atom stereocenters. The van der Waals surface area contributed by atoms with Crippen molar-refractivity contribution in [2.75, 3.05) is 0 Å². The van der Waals surface area contributed by atoms with Crippen molar-refractivity contribution in [3.8, 4) is 0 Å². The molecule has 88 valence electrons. The van der Waals surface area contributed by atoms with Crippen LogP contribution in [0.15, 0.2) is 5.38 Å². The second-order valence-corrected chi connectivity index (χ2v) is 6.66. The second-order valence-electron chi connectivity index (χ2n) is 4.98. The first-order chi connectivity index (χ1) is 7.72. The number of hydrogen-bond donors (Lipinski definition) is 0. The number of fused-ring (bicyclic) bond motifs is 2. The summed E-state index contributed by atoms with van der Waals surface area (Å²) in [5.41, 5.74) is 1.24. The molecule has 0 spiro atoms. The molecule has 2 bridgehead atoms. The van der Waals surface area contributed by atoms with Gasteiger partial charge in [0.25, 0.3) is 0 Å². The van der Waals surface area contributed by atoms with Crippen LogP contribution in [0.2, 0.25) is 0 Å². The fourth-order valence-electron chi connectivity index (χ4n) is 3.13. The third-order valence-electron chi connectivity index (χ3n) is 3.84. The van der Waals surface area contributed by atoms with Gasteiger partial charge in [0, 0.05) is 29.4 Å². The fourth-order valence-corrected chi connectivity index (χ4v) is 4.15. The molecule has 2 unspecified atom stereocenters. The van der Waals surface area contributed by atoms with Crippen molar-refractivity contribution in [1.82, 2.24) is 9.88 Å². The number of aromatic nitrogens is 1. The Bertz CT molecular complexity index is 365. The van der Waals surface area contributed by atoms with Crippen LogP contribution < -0.4 is 0 Å². The smallest absolute Gasteiger partial charge is 0.0897 e. The van der Waals surface area contributed by atoms with Gasteiger partial charge in [0.2, 0.25) is 0 Å². The highest BCUT2D eigenvalue weighted by atomic mass is 35.5. The molecular weight excluding hydrogens is 240 g/mol. The largest absolute Gasteiger partial charge is 0.291 e. The van der Waals surface area contributed by atoms with E-state index in [1.54, 1.807) is 11.3 Å². The lowest BCUT2D eigenvalue weighted by Gasteiger charge is -2.36. The lowest BCUT2D eigenvalue weighted by atomic mass is 10.0. The van der Waals surface area contributed by atoms with Crippen molar-refractivity contribution in [1.29, 1.82) is 0 Å². The summed E-state index contributed by atoms with van der Waals surface area (Å²) in [7, 11) is 0. The summed E-state index contributed by atoms with van der Waals surface area (Å²) in [6.45, 7) is 3.11. The van der Waals surface area contributed by atoms with E-state index in [4.69, 9.17) is 11.6 Å². The average Bonchev–Trinajstić information content (AvgIpc) is 2.72. The predicted molar refractivity (Wildman–Crippen MR) is 68.1 cm³/mol. The zero-order valence-electron chi connectivity index (χ0n) is 9.53. The van der Waals surface area contributed by atoms with Crippen LogP contribution in [0.1, 0.15) is 36.4 Å². The highest BCUT2D eigenvalue weighted by molar-refractivity contribution is 7.09. The summed E-state index contributed by atoms with van der Waals surface area (Å²) in [6.07, 6.45) is 5.00. The molecule has 2 aliphatic heterocycles. The van der Waals surface area contributed by atoms with Gasteiger partial charge < -0.3 is 0 Å². The first kappa shape index (κ1) is 11.0. The minimum atomic E-state index is 0.408. The van der Waals surface area contributed by atoms with E-state index >= 15 is 0 Å². The third kappa shape index (κ3) is 2.01. The number of nitrogens with zero attached hydrogens (tertiary/aromatic N) is 2. The Balaban J connectivity index is 1.72. The lowest BCUT2D eigenvalue weighted by molar-refractivity contribution is 0.133. The molecule has 0 aromatic carbocycles. The van der Waals surface area contributed by atoms with Gasteiger partial charge in [-0.3, -0.25) is 4.90 Å². The SMILES string of the molecule is Cc1nc(CN2C3CCC2CC(Cl)C3)cs1. The molecule has 0 N–H and O–H groups in total. The number of halogens is 1. The van der Waals surface area contributed by atoms with Crippen LogP contribution >= 0.6 is 22.9 Å². The summed E-state index contributed by atoms with van der Waals surface area (Å²) in [6, 6.07) is 1.42. The van der Waals surface area contributed by atoms with E-state index in [-0.39, 0.29) is 0 Å². The van der Waals surface area contributed by atoms with Crippen LogP contribution in [0.25, 0.3) is 0 Å². The third-order valence-corrected chi connectivity index (χ3v) is 5.02. The average molecular weight is 257 g/mol. The molecule has 0 saturated carbocycles. The molecule has 2 saturated heterocycles. The summed E-state index contributed by atoms with van der Waals surface area (Å²) in [4.78, 5) is 7.20. The van der Waals surface area contributed by atoms with Gasteiger partial charge in [-0.15, -0.1) is 22.9 Å². The van der Waals surface area contributed by atoms with Crippen LogP contribution in [-0.4, -0.2) is 27.3 Å². The number of alkyl halides is 1. The highest BCUT2D eigenvalue weighted by Gasteiger charge is 2.40. The molecule has 0 aliphatic carbocycles. The van der Waals surface area contributed by atoms with E-state index in [0.717, 1.165) is 6.54 Å². The molecule has 3 rings (SSSR count). The van der Waals surface area contributed by atoms with Crippen LogP contribution in [-0.2, 0) is 6.54 Å². The van der Waals surface area contributed by atoms with Gasteiger partial charge in [-0.25, -0.2) is 4.98 Å². The van der Waals surface area contributed by atoms with Gasteiger partial charge in [0.15, 0.2) is 0 Å². The quantitative estimate of drug-likeness (QED) is 0.756. The van der Waals surface area contributed by atoms with Crippen molar-refractivity contribution in [3.05, 3.63) is 16.1 Å². The van der Waals surface area contributed by atoms with Crippen molar-refractivity contribution in [3.63, 3.8) is 0 Å². The monoisotopic (exact) mass is 256 g/mol. The van der Waals surface area contributed by atoms with Gasteiger partial charge in [-0.2, -0.15) is 0 Å². The van der Waals surface area contributed by atoms with Crippen molar-refractivity contribution >= 4 is 22.9 Å². The Hall–Kier alpha value is -0.120. The molecule has 0 amide bonds. The van der Waals surface area contributed by atoms with Crippen molar-refractivity contribution in [2.24, 2.45) is 0 Å². The predicted octanol–water partition coefficient (Wildman–Crippen LogP) is 3.19. The Morgan fingerprint density at radius 3 is 2.69 bits per heavy atom. The minimum Gasteiger partial charge on any atom is -0.291 e. The zero-order chi connectivity index (χ0) is 11.1. The van der Waals surface area contributed by atoms with Crippen molar-refractivity contribution < 1.29 is 0 Å². The first-order valence-corrected chi connectivity index (χ1v) is 7.35. The van der Waals surface area contributed by atoms with Gasteiger partial charge in [-0.1, -0.05) is 0 Å². The molecular formula is C12H17ClN2S. The van der Waals surface area contributed by atoms with Crippen LogP contribution in [0, 0.1) is 6.92 Å². The van der Waals surface area contributed by atoms with Crippen molar-refractivity contribution in [2.45, 2.75) is 56.6 Å². The van der Waals surface area contributed by atoms with Crippen LogP contribution in [0.3, 0.4) is 0 Å². The lowest BCUT2D eigenvalue weighted by Crippen LogP contribution is -2.42. The van der Waals surface area contributed by atoms with E-state index in [0.29, 0.717) is 17.5 Å². The number of rotatable bonds is 2. The Morgan fingerprint density at radius 1 is 1.44 bits per heavy atom. The van der Waals surface area contributed by atoms with Gasteiger partial charge in [-0.05, 0) is 32.6 Å². The normalized spacial score (nSPS) is 34.5. The summed E-state index contributed by atoms with van der Waals surface area (Å²) < 4.78 is 0. The standard InChI is InChI=1S/C12H17ClN2S/c1-8-14-10(7-16-8)6-15-11-2-3-12(15)5-9(13)4-11/h7,9,11-12H,2-6H2,1H3. The summed E-state index contributed by atoms with van der Waals surface area (Å²) >= 11 is 8.03. The van der Waals surface area contributed by atoms with E-state index in [9.17, 15) is 0 Å². The molecule has 2 fully saturated rings. The maximum Gasteiger partial charge on any atom is 0.0897 e. The first-order valence-electron chi connectivity index (χ1n) is 6.03. The number of thiazole rings is 1. The molecule has 0 radical (unpaired) electrons. The number of piperidine rings is 1. The van der Waals surface area contributed by atoms with Crippen LogP contribution in [0.5, 0.6) is 0 Å². The molecule has 1 aromatic heterocycles. The van der Waals surface area contributed by atoms with Gasteiger partial charge in [0.05, 0.1) is 10.7 Å². The topological polar surface area (TPSA) is 16.1 Å². The van der Waals surface area contributed by atoms with E-state index in [1.165, 1.54) is 36.4 Å². The molecule has 2 aliphatic rings. The number of hydrogen-bond acceptors (Lipinski definition) is 3. The van der Waals surface area contributed by atoms with Gasteiger partial charge in [0.1, 0.15) is 0 Å². The Kier molecular flexibility index (Phi) is 2.94. The summed E-state index contributed by atoms with van der Waals surface area (Å²) in [5.74, 6) is 0.